The van der Waals surface area contributed by atoms with Crippen molar-refractivity contribution in [3.63, 3.8) is 0 Å². The summed E-state index contributed by atoms with van der Waals surface area (Å²) in [5.74, 6) is 0.710. The molecule has 7 heteroatoms. The standard InChI is InChI=1S/C23H29N3O3S/c1-16-12-18(29-2)7-8-19(16)22(27)17-6-5-11-26(14-17)23(28)20-13-24-21(30-20)15-25-9-3-4-10-25/h7-8,12-13,17H,3-6,9-11,14-15H2,1-2H3. The molecule has 160 valence electrons. The number of hydrogen-bond acceptors (Lipinski definition) is 6. The fourth-order valence-corrected chi connectivity index (χ4v) is 5.33. The van der Waals surface area contributed by atoms with E-state index in [0.717, 1.165) is 54.4 Å². The molecule has 1 amide bonds. The van der Waals surface area contributed by atoms with Crippen LogP contribution in [0.2, 0.25) is 0 Å². The van der Waals surface area contributed by atoms with Gasteiger partial charge in [-0.2, -0.15) is 0 Å². The first-order valence-electron chi connectivity index (χ1n) is 10.7. The number of carbonyl (C=O) groups excluding carboxylic acids is 2. The Hall–Kier alpha value is -2.25. The molecule has 30 heavy (non-hydrogen) atoms. The number of Topliss-reactive ketones (excluding diaryl/α,β-unsaturated/α-hetero) is 1. The van der Waals surface area contributed by atoms with Crippen molar-refractivity contribution in [1.29, 1.82) is 0 Å². The van der Waals surface area contributed by atoms with Crippen molar-refractivity contribution in [2.75, 3.05) is 33.3 Å². The molecule has 2 aliphatic rings. The van der Waals surface area contributed by atoms with Crippen molar-refractivity contribution in [1.82, 2.24) is 14.8 Å². The zero-order valence-corrected chi connectivity index (χ0v) is 18.5. The lowest BCUT2D eigenvalue weighted by Gasteiger charge is -2.32. The Kier molecular flexibility index (Phi) is 6.49. The zero-order chi connectivity index (χ0) is 21.1. The van der Waals surface area contributed by atoms with E-state index in [2.05, 4.69) is 9.88 Å². The minimum Gasteiger partial charge on any atom is -0.497 e. The molecule has 1 aromatic carbocycles. The van der Waals surface area contributed by atoms with E-state index in [1.54, 1.807) is 13.3 Å². The van der Waals surface area contributed by atoms with E-state index in [-0.39, 0.29) is 17.6 Å². The highest BCUT2D eigenvalue weighted by atomic mass is 32.1. The number of benzene rings is 1. The maximum absolute atomic E-state index is 13.1. The van der Waals surface area contributed by atoms with Crippen molar-refractivity contribution in [2.45, 2.75) is 39.2 Å². The molecule has 1 aromatic heterocycles. The van der Waals surface area contributed by atoms with Crippen molar-refractivity contribution >= 4 is 23.0 Å². The first-order valence-corrected chi connectivity index (χ1v) is 11.5. The maximum atomic E-state index is 13.1. The molecule has 2 saturated heterocycles. The zero-order valence-electron chi connectivity index (χ0n) is 17.7. The van der Waals surface area contributed by atoms with E-state index in [9.17, 15) is 9.59 Å². The second-order valence-corrected chi connectivity index (χ2v) is 9.35. The van der Waals surface area contributed by atoms with E-state index in [0.29, 0.717) is 18.0 Å². The number of carbonyl (C=O) groups is 2. The van der Waals surface area contributed by atoms with Crippen molar-refractivity contribution in [2.24, 2.45) is 5.92 Å². The fourth-order valence-electron chi connectivity index (χ4n) is 4.41. The van der Waals surface area contributed by atoms with Crippen LogP contribution >= 0.6 is 11.3 Å². The van der Waals surface area contributed by atoms with Gasteiger partial charge in [0.05, 0.1) is 19.9 Å². The van der Waals surface area contributed by atoms with Gasteiger partial charge in [0.25, 0.3) is 5.91 Å². The lowest BCUT2D eigenvalue weighted by molar-refractivity contribution is 0.0640. The second-order valence-electron chi connectivity index (χ2n) is 8.24. The van der Waals surface area contributed by atoms with Crippen LogP contribution in [0.5, 0.6) is 5.75 Å². The summed E-state index contributed by atoms with van der Waals surface area (Å²) in [5, 5.41) is 0.999. The average Bonchev–Trinajstić information content (AvgIpc) is 3.45. The molecule has 0 bridgehead atoms. The van der Waals surface area contributed by atoms with E-state index < -0.39 is 0 Å². The molecular weight excluding hydrogens is 398 g/mol. The third-order valence-corrected chi connectivity index (χ3v) is 7.07. The highest BCUT2D eigenvalue weighted by molar-refractivity contribution is 7.13. The lowest BCUT2D eigenvalue weighted by atomic mass is 9.88. The second kappa shape index (κ2) is 9.27. The van der Waals surface area contributed by atoms with Crippen LogP contribution < -0.4 is 4.74 Å². The number of thiazole rings is 1. The van der Waals surface area contributed by atoms with Gasteiger partial charge in [0.1, 0.15) is 15.6 Å². The summed E-state index contributed by atoms with van der Waals surface area (Å²) in [7, 11) is 1.62. The van der Waals surface area contributed by atoms with Gasteiger partial charge in [-0.05, 0) is 69.5 Å². The predicted octanol–water partition coefficient (Wildman–Crippen LogP) is 3.79. The summed E-state index contributed by atoms with van der Waals surface area (Å²) in [5.41, 5.74) is 1.64. The molecule has 1 atom stereocenters. The maximum Gasteiger partial charge on any atom is 0.265 e. The summed E-state index contributed by atoms with van der Waals surface area (Å²) < 4.78 is 5.24. The summed E-state index contributed by atoms with van der Waals surface area (Å²) in [6.07, 6.45) is 5.85. The molecular formula is C23H29N3O3S. The van der Waals surface area contributed by atoms with Crippen LogP contribution in [0.15, 0.2) is 24.4 Å². The Balaban J connectivity index is 1.41. The quantitative estimate of drug-likeness (QED) is 0.657. The van der Waals surface area contributed by atoms with Gasteiger partial charge >= 0.3 is 0 Å². The molecule has 0 spiro atoms. The molecule has 0 N–H and O–H groups in total. The smallest absolute Gasteiger partial charge is 0.265 e. The van der Waals surface area contributed by atoms with Gasteiger partial charge in [-0.15, -0.1) is 11.3 Å². The van der Waals surface area contributed by atoms with Crippen molar-refractivity contribution < 1.29 is 14.3 Å². The molecule has 0 aliphatic carbocycles. The first kappa shape index (κ1) is 21.0. The predicted molar refractivity (Wildman–Crippen MR) is 117 cm³/mol. The number of aryl methyl sites for hydroxylation is 1. The number of nitrogens with zero attached hydrogens (tertiary/aromatic N) is 3. The van der Waals surface area contributed by atoms with Crippen molar-refractivity contribution in [3.8, 4) is 5.75 Å². The third kappa shape index (κ3) is 4.57. The lowest BCUT2D eigenvalue weighted by Crippen LogP contribution is -2.42. The minimum absolute atomic E-state index is 0.00382. The van der Waals surface area contributed by atoms with Crippen LogP contribution in [0, 0.1) is 12.8 Å². The Morgan fingerprint density at radius 2 is 2.00 bits per heavy atom. The molecule has 1 unspecified atom stereocenters. The molecule has 2 aromatic rings. The molecule has 2 aliphatic heterocycles. The van der Waals surface area contributed by atoms with Gasteiger partial charge in [0, 0.05) is 24.6 Å². The Labute approximate surface area is 181 Å². The summed E-state index contributed by atoms with van der Waals surface area (Å²) in [6.45, 7) is 6.16. The first-order chi connectivity index (χ1) is 14.5. The summed E-state index contributed by atoms with van der Waals surface area (Å²) >= 11 is 1.49. The Morgan fingerprint density at radius 3 is 2.73 bits per heavy atom. The number of ketones is 1. The van der Waals surface area contributed by atoms with Crippen LogP contribution in [-0.2, 0) is 6.54 Å². The monoisotopic (exact) mass is 427 g/mol. The van der Waals surface area contributed by atoms with Gasteiger partial charge in [-0.1, -0.05) is 0 Å². The number of amides is 1. The number of rotatable bonds is 6. The normalized spacial score (nSPS) is 19.8. The summed E-state index contributed by atoms with van der Waals surface area (Å²) in [6, 6.07) is 5.55. The topological polar surface area (TPSA) is 62.7 Å². The number of methoxy groups -OCH3 is 1. The van der Waals surface area contributed by atoms with E-state index in [4.69, 9.17) is 4.74 Å². The highest BCUT2D eigenvalue weighted by Crippen LogP contribution is 2.27. The van der Waals surface area contributed by atoms with Crippen LogP contribution in [0.25, 0.3) is 0 Å². The van der Waals surface area contributed by atoms with Gasteiger partial charge in [-0.3, -0.25) is 14.5 Å². The third-order valence-electron chi connectivity index (χ3n) is 6.10. The van der Waals surface area contributed by atoms with Crippen LogP contribution in [0.3, 0.4) is 0 Å². The Morgan fingerprint density at radius 1 is 1.20 bits per heavy atom. The average molecular weight is 428 g/mol. The largest absolute Gasteiger partial charge is 0.497 e. The van der Waals surface area contributed by atoms with Gasteiger partial charge in [0.2, 0.25) is 0 Å². The fraction of sp³-hybridized carbons (Fsp3) is 0.522. The number of piperidine rings is 1. The molecule has 0 radical (unpaired) electrons. The van der Waals surface area contributed by atoms with E-state index in [1.165, 1.54) is 24.2 Å². The van der Waals surface area contributed by atoms with Gasteiger partial charge in [-0.25, -0.2) is 4.98 Å². The minimum atomic E-state index is -0.160. The molecule has 4 rings (SSSR count). The van der Waals surface area contributed by atoms with Crippen molar-refractivity contribution in [3.05, 3.63) is 45.4 Å². The summed E-state index contributed by atoms with van der Waals surface area (Å²) in [4.78, 5) is 35.6. The van der Waals surface area contributed by atoms with Crippen LogP contribution in [0.4, 0.5) is 0 Å². The van der Waals surface area contributed by atoms with Gasteiger partial charge < -0.3 is 9.64 Å². The number of ether oxygens (including phenoxy) is 1. The Bertz CT molecular complexity index is 920. The highest BCUT2D eigenvalue weighted by Gasteiger charge is 2.31. The SMILES string of the molecule is COc1ccc(C(=O)C2CCCN(C(=O)c3cnc(CN4CCCC4)s3)C2)c(C)c1. The molecule has 0 saturated carbocycles. The molecule has 6 nitrogen and oxygen atoms in total. The number of aromatic nitrogens is 1. The van der Waals surface area contributed by atoms with E-state index >= 15 is 0 Å². The van der Waals surface area contributed by atoms with Crippen LogP contribution in [0.1, 0.15) is 56.3 Å². The van der Waals surface area contributed by atoms with Gasteiger partial charge in [0.15, 0.2) is 5.78 Å². The van der Waals surface area contributed by atoms with E-state index in [1.807, 2.05) is 30.0 Å². The number of likely N-dealkylation sites (tertiary alicyclic amines) is 2. The van der Waals surface area contributed by atoms with Crippen LogP contribution in [-0.4, -0.2) is 59.8 Å². The molecule has 2 fully saturated rings. The number of hydrogen-bond donors (Lipinski definition) is 0. The molecule has 3 heterocycles.